The van der Waals surface area contributed by atoms with Crippen LogP contribution in [0.1, 0.15) is 25.8 Å². The van der Waals surface area contributed by atoms with Crippen molar-refractivity contribution >= 4 is 0 Å². The third kappa shape index (κ3) is 4.11. The summed E-state index contributed by atoms with van der Waals surface area (Å²) in [5, 5.41) is 9.51. The Labute approximate surface area is 85.8 Å². The van der Waals surface area contributed by atoms with Gasteiger partial charge in [0.2, 0.25) is 0 Å². The van der Waals surface area contributed by atoms with Crippen LogP contribution in [0.5, 0.6) is 0 Å². The summed E-state index contributed by atoms with van der Waals surface area (Å²) < 4.78 is 0. The van der Waals surface area contributed by atoms with Gasteiger partial charge in [0, 0.05) is 5.56 Å². The first-order chi connectivity index (χ1) is 6.68. The molecule has 74 valence electrons. The molecule has 0 heterocycles. The Kier molecular flexibility index (Phi) is 4.22. The van der Waals surface area contributed by atoms with Gasteiger partial charge in [0.25, 0.3) is 0 Å². The lowest BCUT2D eigenvalue weighted by atomic mass is 10.1. The Hall–Kier alpha value is -1.26. The average Bonchev–Trinajstić information content (AvgIpc) is 2.15. The number of benzene rings is 1. The molecule has 0 radical (unpaired) electrons. The average molecular weight is 188 g/mol. The van der Waals surface area contributed by atoms with E-state index in [2.05, 4.69) is 25.7 Å². The minimum Gasteiger partial charge on any atom is -0.380 e. The summed E-state index contributed by atoms with van der Waals surface area (Å²) in [7, 11) is 0. The van der Waals surface area contributed by atoms with Crippen LogP contribution in [0, 0.1) is 17.8 Å². The Morgan fingerprint density at radius 2 is 1.86 bits per heavy atom. The van der Waals surface area contributed by atoms with Crippen LogP contribution in [0.2, 0.25) is 0 Å². The van der Waals surface area contributed by atoms with Gasteiger partial charge in [-0.25, -0.2) is 0 Å². The second-order valence-electron chi connectivity index (χ2n) is 3.78. The lowest BCUT2D eigenvalue weighted by molar-refractivity contribution is 0.204. The first kappa shape index (κ1) is 10.8. The summed E-state index contributed by atoms with van der Waals surface area (Å²) in [6.45, 7) is 4.15. The van der Waals surface area contributed by atoms with Crippen LogP contribution in [-0.4, -0.2) is 11.2 Å². The highest BCUT2D eigenvalue weighted by molar-refractivity contribution is 5.34. The van der Waals surface area contributed by atoms with Gasteiger partial charge in [0.1, 0.15) is 6.10 Å². The summed E-state index contributed by atoms with van der Waals surface area (Å²) >= 11 is 0. The van der Waals surface area contributed by atoms with E-state index < -0.39 is 6.10 Å². The molecule has 1 heteroatoms. The SMILES string of the molecule is CC(C)CC(O)C#Cc1ccccc1. The van der Waals surface area contributed by atoms with Crippen molar-refractivity contribution in [2.75, 3.05) is 0 Å². The lowest BCUT2D eigenvalue weighted by Crippen LogP contribution is -2.06. The molecular weight excluding hydrogens is 172 g/mol. The van der Waals surface area contributed by atoms with Crippen LogP contribution in [0.25, 0.3) is 0 Å². The summed E-state index contributed by atoms with van der Waals surface area (Å²) in [6, 6.07) is 9.72. The van der Waals surface area contributed by atoms with Gasteiger partial charge in [-0.3, -0.25) is 0 Å². The summed E-state index contributed by atoms with van der Waals surface area (Å²) in [5.74, 6) is 6.27. The van der Waals surface area contributed by atoms with Crippen molar-refractivity contribution in [3.8, 4) is 11.8 Å². The van der Waals surface area contributed by atoms with Crippen LogP contribution in [0.4, 0.5) is 0 Å². The molecule has 0 saturated carbocycles. The van der Waals surface area contributed by atoms with E-state index in [9.17, 15) is 5.11 Å². The van der Waals surface area contributed by atoms with Gasteiger partial charge in [0.05, 0.1) is 0 Å². The van der Waals surface area contributed by atoms with E-state index in [1.807, 2.05) is 30.3 Å². The molecule has 0 aliphatic heterocycles. The molecule has 0 aliphatic rings. The van der Waals surface area contributed by atoms with Gasteiger partial charge in [-0.1, -0.05) is 43.9 Å². The van der Waals surface area contributed by atoms with E-state index in [4.69, 9.17) is 0 Å². The Bertz CT molecular complexity index is 316. The molecule has 0 saturated heterocycles. The van der Waals surface area contributed by atoms with Gasteiger partial charge in [-0.15, -0.1) is 0 Å². The third-order valence-corrected chi connectivity index (χ3v) is 1.85. The van der Waals surface area contributed by atoms with Crippen LogP contribution in [-0.2, 0) is 0 Å². The van der Waals surface area contributed by atoms with Gasteiger partial charge < -0.3 is 5.11 Å². The molecule has 0 aromatic heterocycles. The Morgan fingerprint density at radius 1 is 1.21 bits per heavy atom. The number of hydrogen-bond acceptors (Lipinski definition) is 1. The zero-order valence-electron chi connectivity index (χ0n) is 8.70. The molecule has 1 aromatic carbocycles. The fourth-order valence-electron chi connectivity index (χ4n) is 1.19. The second-order valence-corrected chi connectivity index (χ2v) is 3.78. The smallest absolute Gasteiger partial charge is 0.115 e. The topological polar surface area (TPSA) is 20.2 Å². The summed E-state index contributed by atoms with van der Waals surface area (Å²) in [4.78, 5) is 0. The van der Waals surface area contributed by atoms with E-state index in [0.717, 1.165) is 12.0 Å². The van der Waals surface area contributed by atoms with Gasteiger partial charge in [-0.2, -0.15) is 0 Å². The second kappa shape index (κ2) is 5.47. The Morgan fingerprint density at radius 3 is 2.43 bits per heavy atom. The molecule has 0 aliphatic carbocycles. The number of rotatable bonds is 2. The number of aliphatic hydroxyl groups excluding tert-OH is 1. The maximum Gasteiger partial charge on any atom is 0.115 e. The van der Waals surface area contributed by atoms with Gasteiger partial charge >= 0.3 is 0 Å². The molecule has 1 N–H and O–H groups in total. The fraction of sp³-hybridized carbons (Fsp3) is 0.385. The highest BCUT2D eigenvalue weighted by Gasteiger charge is 2.01. The number of hydrogen-bond donors (Lipinski definition) is 1. The van der Waals surface area contributed by atoms with E-state index in [1.54, 1.807) is 0 Å². The molecule has 1 atom stereocenters. The van der Waals surface area contributed by atoms with Crippen molar-refractivity contribution in [1.82, 2.24) is 0 Å². The highest BCUT2D eigenvalue weighted by atomic mass is 16.3. The van der Waals surface area contributed by atoms with E-state index in [0.29, 0.717) is 5.92 Å². The van der Waals surface area contributed by atoms with Gasteiger partial charge in [-0.05, 0) is 24.5 Å². The first-order valence-electron chi connectivity index (χ1n) is 4.93. The fourth-order valence-corrected chi connectivity index (χ4v) is 1.19. The maximum absolute atomic E-state index is 9.51. The molecular formula is C13H16O. The maximum atomic E-state index is 9.51. The predicted octanol–water partition coefficient (Wildman–Crippen LogP) is 2.45. The predicted molar refractivity (Wildman–Crippen MR) is 58.8 cm³/mol. The minimum absolute atomic E-state index is 0.482. The summed E-state index contributed by atoms with van der Waals surface area (Å²) in [5.41, 5.74) is 0.954. The first-order valence-corrected chi connectivity index (χ1v) is 4.93. The molecule has 14 heavy (non-hydrogen) atoms. The van der Waals surface area contributed by atoms with Gasteiger partial charge in [0.15, 0.2) is 0 Å². The van der Waals surface area contributed by atoms with Crippen molar-refractivity contribution < 1.29 is 5.11 Å². The van der Waals surface area contributed by atoms with E-state index in [-0.39, 0.29) is 0 Å². The van der Waals surface area contributed by atoms with E-state index >= 15 is 0 Å². The quantitative estimate of drug-likeness (QED) is 0.707. The van der Waals surface area contributed by atoms with Crippen molar-refractivity contribution in [1.29, 1.82) is 0 Å². The standard InChI is InChI=1S/C13H16O/c1-11(2)10-13(14)9-8-12-6-4-3-5-7-12/h3-7,11,13-14H,10H2,1-2H3. The lowest BCUT2D eigenvalue weighted by Gasteiger charge is -2.05. The monoisotopic (exact) mass is 188 g/mol. The molecule has 1 aromatic rings. The van der Waals surface area contributed by atoms with Crippen LogP contribution < -0.4 is 0 Å². The van der Waals surface area contributed by atoms with Crippen molar-refractivity contribution in [2.24, 2.45) is 5.92 Å². The van der Waals surface area contributed by atoms with Crippen LogP contribution >= 0.6 is 0 Å². The molecule has 1 nitrogen and oxygen atoms in total. The van der Waals surface area contributed by atoms with Crippen LogP contribution in [0.3, 0.4) is 0 Å². The van der Waals surface area contributed by atoms with E-state index in [1.165, 1.54) is 0 Å². The molecule has 0 bridgehead atoms. The molecule has 0 spiro atoms. The molecule has 0 fully saturated rings. The zero-order chi connectivity index (χ0) is 10.4. The summed E-state index contributed by atoms with van der Waals surface area (Å²) in [6.07, 6.45) is 0.232. The molecule has 0 amide bonds. The van der Waals surface area contributed by atoms with Crippen LogP contribution in [0.15, 0.2) is 30.3 Å². The number of aliphatic hydroxyl groups is 1. The van der Waals surface area contributed by atoms with Crippen molar-refractivity contribution in [3.05, 3.63) is 35.9 Å². The zero-order valence-corrected chi connectivity index (χ0v) is 8.70. The third-order valence-electron chi connectivity index (χ3n) is 1.85. The normalized spacial score (nSPS) is 12.0. The molecule has 1 rings (SSSR count). The van der Waals surface area contributed by atoms with Crippen molar-refractivity contribution in [2.45, 2.75) is 26.4 Å². The van der Waals surface area contributed by atoms with Crippen molar-refractivity contribution in [3.63, 3.8) is 0 Å². The highest BCUT2D eigenvalue weighted by Crippen LogP contribution is 2.03. The largest absolute Gasteiger partial charge is 0.380 e. The molecule has 1 unspecified atom stereocenters. The Balaban J connectivity index is 2.55. The minimum atomic E-state index is -0.504.